The van der Waals surface area contributed by atoms with Crippen LogP contribution in [-0.2, 0) is 0 Å². The predicted octanol–water partition coefficient (Wildman–Crippen LogP) is 4.23. The minimum atomic E-state index is -1.35. The zero-order chi connectivity index (χ0) is 14.9. The van der Waals surface area contributed by atoms with Crippen molar-refractivity contribution in [3.8, 4) is 0 Å². The minimum absolute atomic E-state index is 0.0682. The second kappa shape index (κ2) is 5.76. The highest BCUT2D eigenvalue weighted by Gasteiger charge is 2.37. The molecule has 0 aromatic heterocycles. The lowest BCUT2D eigenvalue weighted by Crippen LogP contribution is -2.34. The van der Waals surface area contributed by atoms with Crippen LogP contribution in [0.15, 0.2) is 12.1 Å². The molecule has 2 rings (SSSR count). The number of halogens is 3. The molecule has 112 valence electrons. The molecule has 2 unspecified atom stereocenters. The molecule has 1 saturated carbocycles. The van der Waals surface area contributed by atoms with Crippen LogP contribution < -0.4 is 5.32 Å². The highest BCUT2D eigenvalue weighted by Crippen LogP contribution is 2.47. The van der Waals surface area contributed by atoms with Crippen LogP contribution in [0.2, 0.25) is 0 Å². The lowest BCUT2D eigenvalue weighted by molar-refractivity contribution is 0.158. The van der Waals surface area contributed by atoms with Gasteiger partial charge in [0.15, 0.2) is 17.5 Å². The van der Waals surface area contributed by atoms with E-state index in [-0.39, 0.29) is 17.3 Å². The number of rotatable bonds is 3. The highest BCUT2D eigenvalue weighted by molar-refractivity contribution is 5.26. The van der Waals surface area contributed by atoms with Gasteiger partial charge in [0, 0.05) is 0 Å². The Morgan fingerprint density at radius 2 is 1.90 bits per heavy atom. The Morgan fingerprint density at radius 1 is 1.20 bits per heavy atom. The molecule has 0 radical (unpaired) electrons. The predicted molar refractivity (Wildman–Crippen MR) is 74.1 cm³/mol. The molecule has 0 amide bonds. The normalized spacial score (nSPS) is 25.7. The Bertz CT molecular complexity index is 485. The summed E-state index contributed by atoms with van der Waals surface area (Å²) in [7, 11) is 1.86. The number of nitrogens with one attached hydrogen (secondary N) is 1. The van der Waals surface area contributed by atoms with Gasteiger partial charge in [-0.25, -0.2) is 13.2 Å². The second-order valence-electron chi connectivity index (χ2n) is 6.60. The van der Waals surface area contributed by atoms with Crippen LogP contribution in [0.4, 0.5) is 13.2 Å². The maximum absolute atomic E-state index is 14.1. The van der Waals surface area contributed by atoms with Crippen LogP contribution in [0.1, 0.15) is 44.6 Å². The third-order valence-corrected chi connectivity index (χ3v) is 4.46. The van der Waals surface area contributed by atoms with Crippen LogP contribution in [0.25, 0.3) is 0 Å². The largest absolute Gasteiger partial charge is 0.319 e. The van der Waals surface area contributed by atoms with E-state index in [1.54, 1.807) is 0 Å². The summed E-state index contributed by atoms with van der Waals surface area (Å²) in [6, 6.07) is 2.44. The summed E-state index contributed by atoms with van der Waals surface area (Å²) in [5, 5.41) is 3.12. The van der Waals surface area contributed by atoms with Gasteiger partial charge in [0.2, 0.25) is 0 Å². The van der Waals surface area contributed by atoms with Gasteiger partial charge in [-0.2, -0.15) is 0 Å². The zero-order valence-corrected chi connectivity index (χ0v) is 12.3. The first-order valence-electron chi connectivity index (χ1n) is 7.14. The van der Waals surface area contributed by atoms with E-state index in [1.807, 2.05) is 7.05 Å². The van der Waals surface area contributed by atoms with E-state index in [4.69, 9.17) is 0 Å². The maximum Gasteiger partial charge on any atom is 0.194 e. The van der Waals surface area contributed by atoms with Gasteiger partial charge in [0.05, 0.1) is 0 Å². The minimum Gasteiger partial charge on any atom is -0.319 e. The summed E-state index contributed by atoms with van der Waals surface area (Å²) in [5.74, 6) is -3.30. The van der Waals surface area contributed by atoms with Crippen LogP contribution >= 0.6 is 0 Å². The number of benzene rings is 1. The van der Waals surface area contributed by atoms with Crippen LogP contribution in [-0.4, -0.2) is 13.6 Å². The molecule has 2 atom stereocenters. The molecule has 0 bridgehead atoms. The van der Waals surface area contributed by atoms with Crippen molar-refractivity contribution in [2.24, 2.45) is 11.3 Å². The van der Waals surface area contributed by atoms with Gasteiger partial charge < -0.3 is 5.32 Å². The van der Waals surface area contributed by atoms with Crippen molar-refractivity contribution in [2.45, 2.75) is 39.0 Å². The Kier molecular flexibility index (Phi) is 4.43. The van der Waals surface area contributed by atoms with Gasteiger partial charge in [-0.05, 0) is 61.7 Å². The van der Waals surface area contributed by atoms with E-state index < -0.39 is 17.5 Å². The summed E-state index contributed by atoms with van der Waals surface area (Å²) in [4.78, 5) is 0. The van der Waals surface area contributed by atoms with E-state index in [2.05, 4.69) is 19.2 Å². The monoisotopic (exact) mass is 285 g/mol. The first kappa shape index (κ1) is 15.4. The van der Waals surface area contributed by atoms with E-state index in [0.29, 0.717) is 5.56 Å². The SMILES string of the molecule is CNCC1CCC(C)(C)CC1c1ccc(F)c(F)c1F. The van der Waals surface area contributed by atoms with E-state index in [1.165, 1.54) is 6.07 Å². The Labute approximate surface area is 118 Å². The van der Waals surface area contributed by atoms with Crippen LogP contribution in [0, 0.1) is 28.8 Å². The molecule has 0 spiro atoms. The zero-order valence-electron chi connectivity index (χ0n) is 12.3. The molecule has 1 nitrogen and oxygen atoms in total. The van der Waals surface area contributed by atoms with Gasteiger partial charge in [0.1, 0.15) is 0 Å². The molecule has 4 heteroatoms. The Morgan fingerprint density at radius 3 is 2.55 bits per heavy atom. The summed E-state index contributed by atoms with van der Waals surface area (Å²) >= 11 is 0. The van der Waals surface area contributed by atoms with E-state index in [0.717, 1.165) is 31.9 Å². The lowest BCUT2D eigenvalue weighted by Gasteiger charge is -2.41. The molecule has 1 aliphatic carbocycles. The Hall–Kier alpha value is -1.03. The summed E-state index contributed by atoms with van der Waals surface area (Å²) < 4.78 is 40.7. The van der Waals surface area contributed by atoms with Gasteiger partial charge in [0.25, 0.3) is 0 Å². The van der Waals surface area contributed by atoms with E-state index >= 15 is 0 Å². The van der Waals surface area contributed by atoms with Gasteiger partial charge in [-0.15, -0.1) is 0 Å². The standard InChI is InChI=1S/C16H22F3N/c1-16(2)7-6-10(9-20-3)12(8-16)11-4-5-13(17)15(19)14(11)18/h4-5,10,12,20H,6-9H2,1-3H3. The molecular formula is C16H22F3N. The van der Waals surface area contributed by atoms with Crippen molar-refractivity contribution in [3.05, 3.63) is 35.1 Å². The summed E-state index contributed by atoms with van der Waals surface area (Å²) in [6.45, 7) is 5.06. The summed E-state index contributed by atoms with van der Waals surface area (Å²) in [5.41, 5.74) is 0.420. The molecule has 1 fully saturated rings. The van der Waals surface area contributed by atoms with Crippen molar-refractivity contribution in [2.75, 3.05) is 13.6 Å². The van der Waals surface area contributed by atoms with Gasteiger partial charge >= 0.3 is 0 Å². The van der Waals surface area contributed by atoms with Crippen molar-refractivity contribution in [3.63, 3.8) is 0 Å². The average molecular weight is 285 g/mol. The number of hydrogen-bond acceptors (Lipinski definition) is 1. The van der Waals surface area contributed by atoms with Gasteiger partial charge in [-0.3, -0.25) is 0 Å². The van der Waals surface area contributed by atoms with Crippen LogP contribution in [0.3, 0.4) is 0 Å². The Balaban J connectivity index is 2.37. The molecule has 1 aromatic carbocycles. The van der Waals surface area contributed by atoms with Crippen LogP contribution in [0.5, 0.6) is 0 Å². The quantitative estimate of drug-likeness (QED) is 0.819. The molecule has 20 heavy (non-hydrogen) atoms. The third kappa shape index (κ3) is 3.00. The van der Waals surface area contributed by atoms with E-state index in [9.17, 15) is 13.2 Å². The van der Waals surface area contributed by atoms with Crippen molar-refractivity contribution in [1.82, 2.24) is 5.32 Å². The summed E-state index contributed by atoms with van der Waals surface area (Å²) in [6.07, 6.45) is 2.83. The topological polar surface area (TPSA) is 12.0 Å². The molecule has 1 aliphatic rings. The molecule has 0 saturated heterocycles. The van der Waals surface area contributed by atoms with Crippen molar-refractivity contribution >= 4 is 0 Å². The first-order chi connectivity index (χ1) is 9.35. The fourth-order valence-electron chi connectivity index (χ4n) is 3.34. The van der Waals surface area contributed by atoms with Crippen molar-refractivity contribution in [1.29, 1.82) is 0 Å². The third-order valence-electron chi connectivity index (χ3n) is 4.46. The molecule has 1 aromatic rings. The average Bonchev–Trinajstić information content (AvgIpc) is 2.38. The molecular weight excluding hydrogens is 263 g/mol. The molecule has 0 aliphatic heterocycles. The lowest BCUT2D eigenvalue weighted by atomic mass is 9.65. The fourth-order valence-corrected chi connectivity index (χ4v) is 3.34. The maximum atomic E-state index is 14.1. The van der Waals surface area contributed by atoms with Crippen molar-refractivity contribution < 1.29 is 13.2 Å². The first-order valence-corrected chi connectivity index (χ1v) is 7.14. The number of hydrogen-bond donors (Lipinski definition) is 1. The fraction of sp³-hybridized carbons (Fsp3) is 0.625. The van der Waals surface area contributed by atoms with Gasteiger partial charge in [-0.1, -0.05) is 19.9 Å². The highest BCUT2D eigenvalue weighted by atomic mass is 19.2. The smallest absolute Gasteiger partial charge is 0.194 e. The molecule has 0 heterocycles. The second-order valence-corrected chi connectivity index (χ2v) is 6.60. The molecule has 1 N–H and O–H groups in total.